The first-order chi connectivity index (χ1) is 48.4. The summed E-state index contributed by atoms with van der Waals surface area (Å²) in [6.45, 7) is 28.7. The summed E-state index contributed by atoms with van der Waals surface area (Å²) < 4.78 is 101. The fraction of sp³-hybridized carbons (Fsp3) is 0.788. The van der Waals surface area contributed by atoms with Crippen LogP contribution in [0.3, 0.4) is 0 Å². The normalized spacial score (nSPS) is 23.2. The monoisotopic (exact) mass is 1550 g/mol. The van der Waals surface area contributed by atoms with Crippen LogP contribution in [0.2, 0.25) is 0 Å². The molecule has 0 aromatic carbocycles. The molecule has 3 N–H and O–H groups in total. The number of nitrogen functional groups attached to an aromatic ring is 1. The lowest BCUT2D eigenvalue weighted by molar-refractivity contribution is -0.162. The third-order valence-corrected chi connectivity index (χ3v) is 23.6. The lowest BCUT2D eigenvalue weighted by atomic mass is 9.82. The molecule has 0 unspecified atom stereocenters. The molecule has 13 rings (SSSR count). The fourth-order valence-electron chi connectivity index (χ4n) is 11.6. The maximum atomic E-state index is 12.2. The Morgan fingerprint density at radius 3 is 1.30 bits per heavy atom. The topological polar surface area (TPSA) is 389 Å². The minimum absolute atomic E-state index is 0.0443. The van der Waals surface area contributed by atoms with E-state index >= 15 is 0 Å². The number of urea groups is 2. The van der Waals surface area contributed by atoms with Gasteiger partial charge in [-0.25, -0.2) is 59.8 Å². The Hall–Kier alpha value is -8.01. The number of likely N-dealkylation sites (N-methyl/N-ethyl adjacent to an activating group) is 6. The second-order valence-electron chi connectivity index (χ2n) is 30.4. The number of hydrogen-bond donors (Lipinski definition) is 2. The highest BCUT2D eigenvalue weighted by Gasteiger charge is 2.55. The Kier molecular flexibility index (Phi) is 31.9. The molecule has 2 aromatic heterocycles. The number of carbonyl (C=O) groups is 8. The standard InChI is InChI=1S/C10H15F3N2O.C9H16N2O.C8H13NO2.C6H10N2O2.C6H13NO2S.C6H9NO2.C5H10N2O.C5H9NO2.C4H7N3.C4H9NO2S.C3H6N4/c1-6(2)7-9(3,4)8(16)15(14-7)5-10(11,12)13;1-6(2)7-9(3,4)8(12)11(5)10-7;1-9-7(10)11-6-8(9)4-2-3-5-8;1-6(2)4(9)8(3)5(10)7-6;1-6(2)4-5-10(8,9)7(6)3;1-7-5(8)9-4-6(7)2-3-6;1-6-3-4-7(2)5(6)8;1-4-3-8-5(7)6(4)2;1-7-3-2-4(5)6-7;1-5-3-2-4-8(5,6)7;1-3-4-5-6-7(3)2/h6H,5H2,1-4H3;6H,1-5H3;2-6H2,1H3;1-3H3,(H,7,10);4-5H2,1-3H3;2-4H2,1H3;3-4H2,1-2H3;4H,3H2,1-2H3;2-3H,1H3,(H2,5,6);2-4H2,1H3;1-2H3/t;;;;;;;4-;;;/m.......0.../s1. The van der Waals surface area contributed by atoms with Crippen molar-refractivity contribution in [2.24, 2.45) is 47.0 Å². The lowest BCUT2D eigenvalue weighted by Gasteiger charge is -2.27. The van der Waals surface area contributed by atoms with Crippen LogP contribution in [-0.4, -0.2) is 310 Å². The van der Waals surface area contributed by atoms with Crippen LogP contribution in [0.5, 0.6) is 0 Å². The quantitative estimate of drug-likeness (QED) is 0.267. The Labute approximate surface area is 623 Å². The summed E-state index contributed by atoms with van der Waals surface area (Å²) in [4.78, 5) is 97.8. The molecule has 7 saturated heterocycles. The van der Waals surface area contributed by atoms with Crippen LogP contribution in [0.15, 0.2) is 22.5 Å². The number of nitrogens with zero attached hydrogens (tertiary/aromatic N) is 18. The Morgan fingerprint density at radius 2 is 1.12 bits per heavy atom. The molecule has 9 aliphatic heterocycles. The van der Waals surface area contributed by atoms with Gasteiger partial charge >= 0.3 is 36.5 Å². The van der Waals surface area contributed by atoms with Crippen LogP contribution >= 0.6 is 0 Å². The van der Waals surface area contributed by atoms with E-state index in [1.54, 1.807) is 109 Å². The summed E-state index contributed by atoms with van der Waals surface area (Å²) in [5.41, 5.74) is 4.73. The molecule has 2 aromatic rings. The zero-order chi connectivity index (χ0) is 81.6. The fourth-order valence-corrected chi connectivity index (χ4v) is 14.7. The highest BCUT2D eigenvalue weighted by Crippen LogP contribution is 2.45. The molecule has 11 aliphatic rings. The van der Waals surface area contributed by atoms with Gasteiger partial charge in [-0.1, -0.05) is 40.5 Å². The van der Waals surface area contributed by atoms with Crippen LogP contribution in [0.25, 0.3) is 0 Å². The molecule has 35 nitrogen and oxygen atoms in total. The van der Waals surface area contributed by atoms with E-state index in [-0.39, 0.29) is 70.7 Å². The van der Waals surface area contributed by atoms with Gasteiger partial charge < -0.3 is 49.8 Å². The SMILES string of the molecule is CC(C)C1=NN(C)C(=O)C1(C)C.CC(C)C1=NN(CC(F)(F)F)C(=O)C1(C)C.CN1C(=O)NC(C)(C)C1=O.CN1C(=O)OCC12CC2.CN1C(=O)OCC12CCCC2.CN1C(C)(C)CCS1(=O)=O.CN1CCCS1(=O)=O.CN1CCN(C)C1=O.C[C@H]1COC(=O)N1C.Cc1nnnn1C.Cn1ccc(N)n1. The summed E-state index contributed by atoms with van der Waals surface area (Å²) >= 11 is 0. The number of imide groups is 1. The summed E-state index contributed by atoms with van der Waals surface area (Å²) in [5.74, 6) is 1.66. The van der Waals surface area contributed by atoms with Crippen molar-refractivity contribution in [3.8, 4) is 0 Å². The number of ether oxygens (including phenoxy) is 3. The number of hydrogen-bond acceptors (Lipinski definition) is 22. The van der Waals surface area contributed by atoms with Crippen molar-refractivity contribution in [2.75, 3.05) is 127 Å². The van der Waals surface area contributed by atoms with Gasteiger partial charge in [0.2, 0.25) is 20.0 Å². The number of sulfonamides is 2. The molecule has 106 heavy (non-hydrogen) atoms. The number of halogens is 3. The van der Waals surface area contributed by atoms with E-state index in [2.05, 4.69) is 54.7 Å². The van der Waals surface area contributed by atoms with Crippen molar-refractivity contribution in [1.82, 2.24) is 83.3 Å². The Morgan fingerprint density at radius 1 is 0.632 bits per heavy atom. The highest BCUT2D eigenvalue weighted by atomic mass is 32.2. The molecule has 2 spiro atoms. The first-order valence-electron chi connectivity index (χ1n) is 34.9. The van der Waals surface area contributed by atoms with Gasteiger partial charge in [-0.2, -0.15) is 32.8 Å². The number of aromatic nitrogens is 6. The van der Waals surface area contributed by atoms with Gasteiger partial charge in [-0.3, -0.25) is 24.0 Å². The molecule has 2 saturated carbocycles. The zero-order valence-corrected chi connectivity index (χ0v) is 68.2. The van der Waals surface area contributed by atoms with Gasteiger partial charge in [0.05, 0.1) is 50.9 Å². The number of aryl methyl sites for hydroxylation is 3. The number of cyclic esters (lactones) is 3. The van der Waals surface area contributed by atoms with Crippen LogP contribution in [0.4, 0.5) is 43.0 Å². The summed E-state index contributed by atoms with van der Waals surface area (Å²) in [7, 11) is 13.4. The smallest absolute Gasteiger partial charge is 0.410 e. The van der Waals surface area contributed by atoms with Crippen LogP contribution in [0, 0.1) is 29.6 Å². The number of hydrazone groups is 2. The maximum Gasteiger partial charge on any atom is 0.410 e. The molecule has 10 amide bonds. The average molecular weight is 1550 g/mol. The number of alkyl halides is 3. The molecular weight excluding hydrogens is 1430 g/mol. The van der Waals surface area contributed by atoms with E-state index in [9.17, 15) is 68.4 Å². The third-order valence-electron chi connectivity index (χ3n) is 19.6. The maximum absolute atomic E-state index is 12.2. The van der Waals surface area contributed by atoms with E-state index in [0.29, 0.717) is 60.3 Å². The zero-order valence-electron chi connectivity index (χ0n) is 66.6. The Balaban J connectivity index is 0.000000305. The van der Waals surface area contributed by atoms with E-state index in [0.717, 1.165) is 68.1 Å². The molecule has 604 valence electrons. The van der Waals surface area contributed by atoms with Crippen LogP contribution < -0.4 is 11.1 Å². The summed E-state index contributed by atoms with van der Waals surface area (Å²) in [6.07, 6.45) is 5.36. The molecule has 11 heterocycles. The lowest BCUT2D eigenvalue weighted by Crippen LogP contribution is -2.41. The van der Waals surface area contributed by atoms with E-state index in [1.807, 2.05) is 90.6 Å². The van der Waals surface area contributed by atoms with Gasteiger partial charge in [0, 0.05) is 109 Å². The summed E-state index contributed by atoms with van der Waals surface area (Å²) in [6, 6.07) is 1.81. The molecule has 2 aliphatic carbocycles. The number of anilines is 1. The molecule has 0 bridgehead atoms. The van der Waals surface area contributed by atoms with Crippen molar-refractivity contribution in [2.45, 2.75) is 183 Å². The average Bonchev–Trinajstić information content (AvgIpc) is 1.60. The molecule has 9 fully saturated rings. The predicted octanol–water partition coefficient (Wildman–Crippen LogP) is 5.90. The first kappa shape index (κ1) is 92.2. The van der Waals surface area contributed by atoms with Crippen molar-refractivity contribution in [3.63, 3.8) is 0 Å². The first-order valence-corrected chi connectivity index (χ1v) is 38.1. The number of rotatable bonds is 3. The molecule has 1 atom stereocenters. The number of tetrazole rings is 1. The number of nitrogens with two attached hydrogens (primary N) is 1. The van der Waals surface area contributed by atoms with Crippen LogP contribution in [-0.2, 0) is 62.7 Å². The molecular formula is C66H117F3N20O15S2. The van der Waals surface area contributed by atoms with Crippen molar-refractivity contribution in [1.29, 1.82) is 0 Å². The highest BCUT2D eigenvalue weighted by molar-refractivity contribution is 7.89. The van der Waals surface area contributed by atoms with Gasteiger partial charge in [0.1, 0.15) is 43.5 Å². The number of carbonyl (C=O) groups excluding carboxylic acids is 8. The van der Waals surface area contributed by atoms with Gasteiger partial charge in [0.15, 0.2) is 0 Å². The molecule has 40 heteroatoms. The third kappa shape index (κ3) is 24.8. The number of amides is 10. The summed E-state index contributed by atoms with van der Waals surface area (Å²) in [5, 5.41) is 26.9. The van der Waals surface area contributed by atoms with Gasteiger partial charge in [0.25, 0.3) is 17.7 Å². The van der Waals surface area contributed by atoms with Crippen molar-refractivity contribution >= 4 is 85.4 Å². The van der Waals surface area contributed by atoms with E-state index in [4.69, 9.17) is 15.2 Å². The van der Waals surface area contributed by atoms with E-state index < -0.39 is 55.0 Å². The van der Waals surface area contributed by atoms with Gasteiger partial charge in [-0.15, -0.1) is 5.10 Å². The largest absolute Gasteiger partial charge is 0.447 e. The second-order valence-corrected chi connectivity index (χ2v) is 34.7. The van der Waals surface area contributed by atoms with Gasteiger partial charge in [-0.05, 0) is 136 Å². The van der Waals surface area contributed by atoms with Crippen molar-refractivity contribution < 1.29 is 82.6 Å². The van der Waals surface area contributed by atoms with Crippen molar-refractivity contribution in [3.05, 3.63) is 18.1 Å². The minimum Gasteiger partial charge on any atom is -0.447 e. The Bertz CT molecular complexity index is 3640. The predicted molar refractivity (Wildman–Crippen MR) is 391 cm³/mol. The molecule has 0 radical (unpaired) electrons. The van der Waals surface area contributed by atoms with E-state index in [1.165, 1.54) is 33.5 Å². The second kappa shape index (κ2) is 36.7. The minimum atomic E-state index is -4.42. The van der Waals surface area contributed by atoms with Crippen LogP contribution in [0.1, 0.15) is 147 Å². The number of nitrogens with one attached hydrogen (secondary N) is 1.